The topological polar surface area (TPSA) is 103 Å². The van der Waals surface area contributed by atoms with E-state index in [2.05, 4.69) is 10.5 Å². The molecule has 1 aromatic carbocycles. The second-order valence-electron chi connectivity index (χ2n) is 3.92. The van der Waals surface area contributed by atoms with Crippen molar-refractivity contribution in [3.63, 3.8) is 0 Å². The molecule has 0 saturated carbocycles. The normalized spacial score (nSPS) is 10.8. The summed E-state index contributed by atoms with van der Waals surface area (Å²) in [5.41, 5.74) is 6.36. The molecular formula is C13H17N3O4. The third-order valence-electron chi connectivity index (χ3n) is 2.36. The number of methoxy groups -OCH3 is 1. The molecule has 0 unspecified atom stereocenters. The molecule has 0 aliphatic carbocycles. The highest BCUT2D eigenvalue weighted by molar-refractivity contribution is 5.98. The standard InChI is InChI=1S/C13H17N3O4/c1-9(10-3-5-11(19-2)6-4-10)16-20-8-13(18)15-7-12(14)17/h3-6H,7-8H2,1-2H3,(H2,14,17)(H,15,18). The van der Waals surface area contributed by atoms with Crippen molar-refractivity contribution in [3.05, 3.63) is 29.8 Å². The predicted octanol–water partition coefficient (Wildman–Crippen LogP) is 0.0373. The highest BCUT2D eigenvalue weighted by atomic mass is 16.6. The summed E-state index contributed by atoms with van der Waals surface area (Å²) in [6.07, 6.45) is 0. The Morgan fingerprint density at radius 2 is 1.95 bits per heavy atom. The maximum Gasteiger partial charge on any atom is 0.261 e. The van der Waals surface area contributed by atoms with Gasteiger partial charge in [-0.05, 0) is 36.8 Å². The largest absolute Gasteiger partial charge is 0.497 e. The molecule has 0 fully saturated rings. The molecule has 0 heterocycles. The summed E-state index contributed by atoms with van der Waals surface area (Å²) >= 11 is 0. The van der Waals surface area contributed by atoms with Gasteiger partial charge in [0.05, 0.1) is 19.4 Å². The van der Waals surface area contributed by atoms with Gasteiger partial charge in [-0.2, -0.15) is 0 Å². The van der Waals surface area contributed by atoms with Crippen LogP contribution in [0.25, 0.3) is 0 Å². The average Bonchev–Trinajstić information content (AvgIpc) is 2.45. The van der Waals surface area contributed by atoms with E-state index in [0.717, 1.165) is 11.3 Å². The number of nitrogens with zero attached hydrogens (tertiary/aromatic N) is 1. The Morgan fingerprint density at radius 3 is 2.50 bits per heavy atom. The zero-order chi connectivity index (χ0) is 15.0. The van der Waals surface area contributed by atoms with Crippen LogP contribution in [0, 0.1) is 0 Å². The lowest BCUT2D eigenvalue weighted by molar-refractivity contribution is -0.128. The number of carbonyl (C=O) groups excluding carboxylic acids is 2. The molecule has 0 atom stereocenters. The van der Waals surface area contributed by atoms with Crippen LogP contribution in [0.1, 0.15) is 12.5 Å². The van der Waals surface area contributed by atoms with E-state index in [0.29, 0.717) is 5.71 Å². The molecule has 2 amide bonds. The Bertz CT molecular complexity index is 497. The number of carbonyl (C=O) groups is 2. The molecule has 0 saturated heterocycles. The smallest absolute Gasteiger partial charge is 0.261 e. The fourth-order valence-corrected chi connectivity index (χ4v) is 1.31. The number of amides is 2. The van der Waals surface area contributed by atoms with Crippen LogP contribution in [0.4, 0.5) is 0 Å². The van der Waals surface area contributed by atoms with Gasteiger partial charge in [0.1, 0.15) is 5.75 Å². The maximum absolute atomic E-state index is 11.2. The number of nitrogens with one attached hydrogen (secondary N) is 1. The monoisotopic (exact) mass is 279 g/mol. The van der Waals surface area contributed by atoms with E-state index < -0.39 is 11.8 Å². The second-order valence-corrected chi connectivity index (χ2v) is 3.92. The van der Waals surface area contributed by atoms with Crippen LogP contribution in [0.2, 0.25) is 0 Å². The highest BCUT2D eigenvalue weighted by Crippen LogP contribution is 2.11. The molecule has 7 heteroatoms. The molecule has 7 nitrogen and oxygen atoms in total. The maximum atomic E-state index is 11.2. The van der Waals surface area contributed by atoms with Crippen molar-refractivity contribution in [2.24, 2.45) is 10.9 Å². The molecule has 20 heavy (non-hydrogen) atoms. The summed E-state index contributed by atoms with van der Waals surface area (Å²) in [5.74, 6) is -0.334. The Balaban J connectivity index is 2.44. The number of benzene rings is 1. The molecule has 0 aromatic heterocycles. The summed E-state index contributed by atoms with van der Waals surface area (Å²) in [7, 11) is 1.59. The van der Waals surface area contributed by atoms with Gasteiger partial charge >= 0.3 is 0 Å². The lowest BCUT2D eigenvalue weighted by atomic mass is 10.1. The van der Waals surface area contributed by atoms with Gasteiger partial charge in [0.25, 0.3) is 5.91 Å². The molecule has 108 valence electrons. The Morgan fingerprint density at radius 1 is 1.30 bits per heavy atom. The van der Waals surface area contributed by atoms with E-state index in [9.17, 15) is 9.59 Å². The molecule has 1 aromatic rings. The molecule has 0 aliphatic rings. The zero-order valence-corrected chi connectivity index (χ0v) is 11.4. The summed E-state index contributed by atoms with van der Waals surface area (Å²) < 4.78 is 5.05. The summed E-state index contributed by atoms with van der Waals surface area (Å²) in [6, 6.07) is 7.25. The van der Waals surface area contributed by atoms with Crippen molar-refractivity contribution < 1.29 is 19.2 Å². The summed E-state index contributed by atoms with van der Waals surface area (Å²) in [4.78, 5) is 26.6. The van der Waals surface area contributed by atoms with Gasteiger partial charge in [0.15, 0.2) is 6.61 Å². The molecule has 0 aliphatic heterocycles. The third-order valence-corrected chi connectivity index (χ3v) is 2.36. The third kappa shape index (κ3) is 5.38. The summed E-state index contributed by atoms with van der Waals surface area (Å²) in [5, 5.41) is 6.10. The Hall–Kier alpha value is -2.57. The molecule has 0 bridgehead atoms. The zero-order valence-electron chi connectivity index (χ0n) is 11.4. The van der Waals surface area contributed by atoms with Gasteiger partial charge < -0.3 is 20.6 Å². The van der Waals surface area contributed by atoms with E-state index in [-0.39, 0.29) is 13.2 Å². The first-order chi connectivity index (χ1) is 9.52. The van der Waals surface area contributed by atoms with Crippen LogP contribution in [-0.4, -0.2) is 37.8 Å². The number of oxime groups is 1. The van der Waals surface area contributed by atoms with Crippen LogP contribution >= 0.6 is 0 Å². The molecule has 1 rings (SSSR count). The number of nitrogens with two attached hydrogens (primary N) is 1. The van der Waals surface area contributed by atoms with Crippen molar-refractivity contribution >= 4 is 17.5 Å². The minimum atomic E-state index is -0.615. The van der Waals surface area contributed by atoms with E-state index in [1.54, 1.807) is 26.2 Å². The highest BCUT2D eigenvalue weighted by Gasteiger charge is 2.03. The Kier molecular flexibility index (Phi) is 6.02. The molecule has 0 radical (unpaired) electrons. The first-order valence-electron chi connectivity index (χ1n) is 5.89. The van der Waals surface area contributed by atoms with Gasteiger partial charge in [0, 0.05) is 0 Å². The van der Waals surface area contributed by atoms with Crippen molar-refractivity contribution in [2.75, 3.05) is 20.3 Å². The van der Waals surface area contributed by atoms with E-state index in [1.165, 1.54) is 0 Å². The van der Waals surface area contributed by atoms with Gasteiger partial charge in [-0.3, -0.25) is 9.59 Å². The lowest BCUT2D eigenvalue weighted by Crippen LogP contribution is -2.35. The van der Waals surface area contributed by atoms with Crippen LogP contribution in [0.5, 0.6) is 5.75 Å². The predicted molar refractivity (Wildman–Crippen MR) is 73.4 cm³/mol. The van der Waals surface area contributed by atoms with Crippen molar-refractivity contribution in [3.8, 4) is 5.75 Å². The van der Waals surface area contributed by atoms with Crippen LogP contribution in [0.3, 0.4) is 0 Å². The van der Waals surface area contributed by atoms with E-state index in [4.69, 9.17) is 15.3 Å². The van der Waals surface area contributed by atoms with Gasteiger partial charge in [-0.15, -0.1) is 0 Å². The lowest BCUT2D eigenvalue weighted by Gasteiger charge is -2.04. The minimum Gasteiger partial charge on any atom is -0.497 e. The number of primary amides is 1. The molecular weight excluding hydrogens is 262 g/mol. The van der Waals surface area contributed by atoms with Gasteiger partial charge in [-0.25, -0.2) is 0 Å². The fourth-order valence-electron chi connectivity index (χ4n) is 1.31. The fraction of sp³-hybridized carbons (Fsp3) is 0.308. The van der Waals surface area contributed by atoms with Crippen LogP contribution in [0.15, 0.2) is 29.4 Å². The van der Waals surface area contributed by atoms with Gasteiger partial charge in [-0.1, -0.05) is 5.16 Å². The second kappa shape index (κ2) is 7.78. The minimum absolute atomic E-state index is 0.219. The number of hydrogen-bond acceptors (Lipinski definition) is 5. The van der Waals surface area contributed by atoms with Crippen LogP contribution < -0.4 is 15.8 Å². The summed E-state index contributed by atoms with van der Waals surface area (Å²) in [6.45, 7) is 1.26. The number of ether oxygens (including phenoxy) is 1. The number of rotatable bonds is 7. The quantitative estimate of drug-likeness (QED) is 0.543. The average molecular weight is 279 g/mol. The number of hydrogen-bond donors (Lipinski definition) is 2. The SMILES string of the molecule is COc1ccc(C(C)=NOCC(=O)NCC(N)=O)cc1. The first-order valence-corrected chi connectivity index (χ1v) is 5.89. The van der Waals surface area contributed by atoms with Crippen molar-refractivity contribution in [1.29, 1.82) is 0 Å². The van der Waals surface area contributed by atoms with Crippen LogP contribution in [-0.2, 0) is 14.4 Å². The first kappa shape index (κ1) is 15.5. The van der Waals surface area contributed by atoms with Crippen molar-refractivity contribution in [2.45, 2.75) is 6.92 Å². The molecule has 0 spiro atoms. The van der Waals surface area contributed by atoms with Crippen molar-refractivity contribution in [1.82, 2.24) is 5.32 Å². The van der Waals surface area contributed by atoms with Gasteiger partial charge in [0.2, 0.25) is 5.91 Å². The Labute approximate surface area is 116 Å². The van der Waals surface area contributed by atoms with E-state index >= 15 is 0 Å². The van der Waals surface area contributed by atoms with E-state index in [1.807, 2.05) is 12.1 Å². The molecule has 3 N–H and O–H groups in total.